The predicted molar refractivity (Wildman–Crippen MR) is 75.9 cm³/mol. The van der Waals surface area contributed by atoms with Crippen molar-refractivity contribution < 1.29 is 24.4 Å². The van der Waals surface area contributed by atoms with Gasteiger partial charge >= 0.3 is 11.7 Å². The van der Waals surface area contributed by atoms with Crippen LogP contribution in [0, 0.1) is 15.5 Å². The zero-order valence-corrected chi connectivity index (χ0v) is 12.2. The number of carboxylic acid groups (broad SMARTS) is 1. The van der Waals surface area contributed by atoms with Gasteiger partial charge in [-0.05, 0) is 25.5 Å². The number of benzene rings is 1. The van der Waals surface area contributed by atoms with Crippen LogP contribution in [0.25, 0.3) is 0 Å². The molecule has 1 aliphatic rings. The lowest BCUT2D eigenvalue weighted by atomic mass is 9.90. The first kappa shape index (κ1) is 15.7. The number of carbonyl (C=O) groups excluding carboxylic acids is 1. The number of nitrogens with zero attached hydrogens (tertiary/aromatic N) is 2. The molecule has 1 saturated heterocycles. The minimum Gasteiger partial charge on any atom is -0.490 e. The van der Waals surface area contributed by atoms with Gasteiger partial charge in [-0.2, -0.15) is 0 Å². The van der Waals surface area contributed by atoms with Crippen molar-refractivity contribution >= 4 is 17.6 Å². The number of carboxylic acids is 1. The molecule has 0 radical (unpaired) electrons. The molecule has 1 aromatic rings. The number of nitro benzene ring substituents is 1. The highest BCUT2D eigenvalue weighted by atomic mass is 16.6. The van der Waals surface area contributed by atoms with E-state index in [1.54, 1.807) is 6.92 Å². The minimum atomic E-state index is -0.978. The van der Waals surface area contributed by atoms with E-state index in [0.717, 1.165) is 6.07 Å². The summed E-state index contributed by atoms with van der Waals surface area (Å²) in [5.74, 6) is -1.31. The highest BCUT2D eigenvalue weighted by Crippen LogP contribution is 2.32. The molecule has 2 rings (SSSR count). The zero-order valence-electron chi connectivity index (χ0n) is 12.2. The minimum absolute atomic E-state index is 0.0679. The number of ether oxygens (including phenoxy) is 1. The molecule has 1 aliphatic heterocycles. The van der Waals surface area contributed by atoms with Gasteiger partial charge in [0.2, 0.25) is 0 Å². The maximum Gasteiger partial charge on any atom is 0.311 e. The number of nitro groups is 1. The molecule has 1 aromatic carbocycles. The number of amides is 1. The van der Waals surface area contributed by atoms with Gasteiger partial charge in [-0.15, -0.1) is 0 Å². The van der Waals surface area contributed by atoms with Gasteiger partial charge in [0.25, 0.3) is 5.91 Å². The van der Waals surface area contributed by atoms with Crippen LogP contribution in [0.1, 0.15) is 23.7 Å². The molecular weight excluding hydrogens is 292 g/mol. The molecule has 0 aromatic heterocycles. The molecule has 1 heterocycles. The number of hydrogen-bond acceptors (Lipinski definition) is 5. The third-order valence-electron chi connectivity index (χ3n) is 3.90. The molecule has 1 N–H and O–H groups in total. The number of aliphatic carboxylic acids is 1. The maximum absolute atomic E-state index is 12.4. The van der Waals surface area contributed by atoms with Gasteiger partial charge in [0.15, 0.2) is 5.75 Å². The number of rotatable bonds is 4. The smallest absolute Gasteiger partial charge is 0.311 e. The number of hydrogen-bond donors (Lipinski definition) is 1. The maximum atomic E-state index is 12.4. The monoisotopic (exact) mass is 308 g/mol. The van der Waals surface area contributed by atoms with E-state index < -0.39 is 22.2 Å². The van der Waals surface area contributed by atoms with E-state index >= 15 is 0 Å². The van der Waals surface area contributed by atoms with E-state index in [0.29, 0.717) is 13.0 Å². The lowest BCUT2D eigenvalue weighted by Gasteiger charge is -2.20. The van der Waals surface area contributed by atoms with E-state index in [2.05, 4.69) is 0 Å². The van der Waals surface area contributed by atoms with Gasteiger partial charge in [0.1, 0.15) is 0 Å². The molecule has 0 saturated carbocycles. The van der Waals surface area contributed by atoms with Gasteiger partial charge in [0, 0.05) is 24.7 Å². The normalized spacial score (nSPS) is 20.7. The fraction of sp³-hybridized carbons (Fsp3) is 0.429. The highest BCUT2D eigenvalue weighted by Gasteiger charge is 2.42. The average Bonchev–Trinajstić information content (AvgIpc) is 2.89. The van der Waals surface area contributed by atoms with Crippen LogP contribution in [0.2, 0.25) is 0 Å². The van der Waals surface area contributed by atoms with Crippen molar-refractivity contribution in [3.63, 3.8) is 0 Å². The standard InChI is InChI=1S/C14H16N2O6/c1-14(13(18)19)5-6-15(8-14)12(17)9-3-4-11(22-2)10(7-9)16(20)21/h3-4,7H,5-6,8H2,1-2H3,(H,18,19). The second-order valence-electron chi connectivity index (χ2n) is 5.49. The molecule has 8 heteroatoms. The Bertz CT molecular complexity index is 644. The Labute approximate surface area is 126 Å². The zero-order chi connectivity index (χ0) is 16.5. The molecule has 1 fully saturated rings. The van der Waals surface area contributed by atoms with Crippen LogP contribution < -0.4 is 4.74 Å². The van der Waals surface area contributed by atoms with Gasteiger partial charge in [0.05, 0.1) is 17.4 Å². The van der Waals surface area contributed by atoms with E-state index in [-0.39, 0.29) is 23.5 Å². The van der Waals surface area contributed by atoms with Crippen LogP contribution in [0.4, 0.5) is 5.69 Å². The first-order valence-electron chi connectivity index (χ1n) is 6.63. The molecule has 1 amide bonds. The topological polar surface area (TPSA) is 110 Å². The SMILES string of the molecule is COc1ccc(C(=O)N2CCC(C)(C(=O)O)C2)cc1[N+](=O)[O-]. The molecule has 1 unspecified atom stereocenters. The summed E-state index contributed by atoms with van der Waals surface area (Å²) in [6.07, 6.45) is 0.353. The third-order valence-corrected chi connectivity index (χ3v) is 3.90. The van der Waals surface area contributed by atoms with Gasteiger partial charge in [-0.3, -0.25) is 19.7 Å². The summed E-state index contributed by atoms with van der Waals surface area (Å²) in [4.78, 5) is 35.4. The molecule has 0 spiro atoms. The first-order valence-corrected chi connectivity index (χ1v) is 6.63. The van der Waals surface area contributed by atoms with Crippen molar-refractivity contribution in [2.24, 2.45) is 5.41 Å². The Morgan fingerprint density at radius 3 is 2.64 bits per heavy atom. The first-order chi connectivity index (χ1) is 10.3. The summed E-state index contributed by atoms with van der Waals surface area (Å²) < 4.78 is 4.89. The van der Waals surface area contributed by atoms with Crippen LogP contribution in [0.3, 0.4) is 0 Å². The second-order valence-corrected chi connectivity index (χ2v) is 5.49. The Balaban J connectivity index is 2.26. The molecule has 118 valence electrons. The van der Waals surface area contributed by atoms with Crippen molar-refractivity contribution in [1.82, 2.24) is 4.90 Å². The Morgan fingerprint density at radius 1 is 1.45 bits per heavy atom. The van der Waals surface area contributed by atoms with Crippen molar-refractivity contribution in [3.05, 3.63) is 33.9 Å². The summed E-state index contributed by atoms with van der Waals surface area (Å²) in [5.41, 5.74) is -1.13. The summed E-state index contributed by atoms with van der Waals surface area (Å²) in [5, 5.41) is 20.2. The largest absolute Gasteiger partial charge is 0.490 e. The molecule has 0 bridgehead atoms. The third kappa shape index (κ3) is 2.72. The predicted octanol–water partition coefficient (Wildman–Crippen LogP) is 1.54. The Kier molecular flexibility index (Phi) is 4.03. The fourth-order valence-corrected chi connectivity index (χ4v) is 2.46. The van der Waals surface area contributed by atoms with Crippen molar-refractivity contribution in [2.45, 2.75) is 13.3 Å². The number of methoxy groups -OCH3 is 1. The van der Waals surface area contributed by atoms with Crippen LogP contribution in [0.5, 0.6) is 5.75 Å². The van der Waals surface area contributed by atoms with Crippen LogP contribution >= 0.6 is 0 Å². The number of carbonyl (C=O) groups is 2. The fourth-order valence-electron chi connectivity index (χ4n) is 2.46. The lowest BCUT2D eigenvalue weighted by molar-refractivity contribution is -0.385. The molecule has 1 atom stereocenters. The quantitative estimate of drug-likeness (QED) is 0.667. The average molecular weight is 308 g/mol. The van der Waals surface area contributed by atoms with Crippen molar-refractivity contribution in [3.8, 4) is 5.75 Å². The van der Waals surface area contributed by atoms with Crippen LogP contribution in [-0.4, -0.2) is 47.0 Å². The molecule has 8 nitrogen and oxygen atoms in total. The second kappa shape index (κ2) is 5.63. The Hall–Kier alpha value is -2.64. The van der Waals surface area contributed by atoms with Crippen LogP contribution in [-0.2, 0) is 4.79 Å². The van der Waals surface area contributed by atoms with Crippen molar-refractivity contribution in [2.75, 3.05) is 20.2 Å². The highest BCUT2D eigenvalue weighted by molar-refractivity contribution is 5.96. The van der Waals surface area contributed by atoms with E-state index in [9.17, 15) is 24.8 Å². The Morgan fingerprint density at radius 2 is 2.14 bits per heavy atom. The molecule has 0 aliphatic carbocycles. The summed E-state index contributed by atoms with van der Waals surface area (Å²) in [6.45, 7) is 1.97. The summed E-state index contributed by atoms with van der Waals surface area (Å²) in [7, 11) is 1.31. The number of likely N-dealkylation sites (tertiary alicyclic amines) is 1. The van der Waals surface area contributed by atoms with Gasteiger partial charge < -0.3 is 14.7 Å². The van der Waals surface area contributed by atoms with Gasteiger partial charge in [-0.1, -0.05) is 0 Å². The van der Waals surface area contributed by atoms with E-state index in [4.69, 9.17) is 4.74 Å². The summed E-state index contributed by atoms with van der Waals surface area (Å²) in [6, 6.07) is 3.94. The summed E-state index contributed by atoms with van der Waals surface area (Å²) >= 11 is 0. The van der Waals surface area contributed by atoms with Crippen LogP contribution in [0.15, 0.2) is 18.2 Å². The molecule has 22 heavy (non-hydrogen) atoms. The molecular formula is C14H16N2O6. The van der Waals surface area contributed by atoms with Gasteiger partial charge in [-0.25, -0.2) is 0 Å². The lowest BCUT2D eigenvalue weighted by Crippen LogP contribution is -2.34. The van der Waals surface area contributed by atoms with Crippen molar-refractivity contribution in [1.29, 1.82) is 0 Å². The van der Waals surface area contributed by atoms with E-state index in [1.165, 1.54) is 24.1 Å². The van der Waals surface area contributed by atoms with E-state index in [1.807, 2.05) is 0 Å².